The molecule has 0 saturated carbocycles. The largest absolute Gasteiger partial charge is 0.382 e. The number of likely N-dealkylation sites (N-methyl/N-ethyl adjacent to an activating group) is 1. The van der Waals surface area contributed by atoms with E-state index in [9.17, 15) is 18.5 Å². The van der Waals surface area contributed by atoms with Gasteiger partial charge < -0.3 is 11.1 Å². The molecule has 11 heteroatoms. The summed E-state index contributed by atoms with van der Waals surface area (Å²) in [5.41, 5.74) is 7.71. The van der Waals surface area contributed by atoms with Crippen molar-refractivity contribution in [3.63, 3.8) is 0 Å². The molecular formula is C20H22N6O3S2. The summed E-state index contributed by atoms with van der Waals surface area (Å²) in [6.45, 7) is 0.0357. The molecular weight excluding hydrogens is 436 g/mol. The number of aryl methyl sites for hydroxylation is 1. The summed E-state index contributed by atoms with van der Waals surface area (Å²) in [7, 11) is -2.31. The number of hydrogen-bond donors (Lipinski definition) is 2. The molecule has 2 heterocycles. The van der Waals surface area contributed by atoms with E-state index >= 15 is 0 Å². The first-order valence-corrected chi connectivity index (χ1v) is 11.8. The number of para-hydroxylation sites is 1. The average Bonchev–Trinajstić information content (AvgIpc) is 3.40. The molecule has 0 saturated heterocycles. The van der Waals surface area contributed by atoms with E-state index in [0.717, 1.165) is 21.3 Å². The molecule has 9 nitrogen and oxygen atoms in total. The molecule has 0 spiro atoms. The van der Waals surface area contributed by atoms with Crippen molar-refractivity contribution in [2.45, 2.75) is 17.1 Å². The van der Waals surface area contributed by atoms with E-state index in [1.807, 2.05) is 30.3 Å². The minimum Gasteiger partial charge on any atom is -0.382 e. The lowest BCUT2D eigenvalue weighted by Gasteiger charge is -2.15. The van der Waals surface area contributed by atoms with E-state index in [2.05, 4.69) is 16.5 Å². The highest BCUT2D eigenvalue weighted by molar-refractivity contribution is 7.91. The van der Waals surface area contributed by atoms with Crippen LogP contribution in [0.5, 0.6) is 0 Å². The molecule has 162 valence electrons. The van der Waals surface area contributed by atoms with Gasteiger partial charge in [0.15, 0.2) is 0 Å². The Kier molecular flexibility index (Phi) is 7.06. The molecule has 2 aromatic heterocycles. The zero-order valence-electron chi connectivity index (χ0n) is 16.9. The zero-order valence-corrected chi connectivity index (χ0v) is 18.5. The predicted octanol–water partition coefficient (Wildman–Crippen LogP) is 1.76. The third-order valence-corrected chi connectivity index (χ3v) is 7.72. The number of rotatable bonds is 9. The van der Waals surface area contributed by atoms with Crippen LogP contribution in [0.25, 0.3) is 5.69 Å². The number of nitrogens with one attached hydrogen (secondary N) is 1. The van der Waals surface area contributed by atoms with E-state index < -0.39 is 15.9 Å². The Morgan fingerprint density at radius 1 is 1.29 bits per heavy atom. The van der Waals surface area contributed by atoms with Crippen molar-refractivity contribution >= 4 is 33.1 Å². The van der Waals surface area contributed by atoms with Crippen LogP contribution in [0.15, 0.2) is 52.1 Å². The fourth-order valence-electron chi connectivity index (χ4n) is 2.93. The van der Waals surface area contributed by atoms with Crippen molar-refractivity contribution < 1.29 is 13.2 Å². The van der Waals surface area contributed by atoms with Crippen LogP contribution in [0.2, 0.25) is 0 Å². The molecule has 3 rings (SSSR count). The number of sulfonamides is 1. The standard InChI is InChI=1S/C20H22N6O3S2/c1-25(31(28,29)19-10-6-12-30-19)14-18(27)23-11-5-9-17-16(13-21)20(22)26(24-17)15-7-3-2-4-8-15/h2-4,6-8,10,12H,5,9,11,14,22H2,1H3,(H,23,27). The zero-order chi connectivity index (χ0) is 22.4. The number of nitrogens with two attached hydrogens (primary N) is 1. The van der Waals surface area contributed by atoms with Crippen molar-refractivity contribution in [1.82, 2.24) is 19.4 Å². The number of amides is 1. The van der Waals surface area contributed by atoms with Gasteiger partial charge in [-0.05, 0) is 36.4 Å². The number of hydrogen-bond acceptors (Lipinski definition) is 7. The molecule has 31 heavy (non-hydrogen) atoms. The maximum absolute atomic E-state index is 12.4. The van der Waals surface area contributed by atoms with Crippen molar-refractivity contribution in [3.8, 4) is 11.8 Å². The van der Waals surface area contributed by atoms with Gasteiger partial charge in [0.1, 0.15) is 21.7 Å². The average molecular weight is 459 g/mol. The van der Waals surface area contributed by atoms with Crippen molar-refractivity contribution in [2.75, 3.05) is 25.9 Å². The first kappa shape index (κ1) is 22.5. The van der Waals surface area contributed by atoms with Gasteiger partial charge in [0.2, 0.25) is 5.91 Å². The van der Waals surface area contributed by atoms with Crippen LogP contribution in [0.4, 0.5) is 5.82 Å². The number of thiophene rings is 1. The SMILES string of the molecule is CN(CC(=O)NCCCc1nn(-c2ccccc2)c(N)c1C#N)S(=O)(=O)c1cccs1. The second-order valence-electron chi connectivity index (χ2n) is 6.71. The number of aromatic nitrogens is 2. The highest BCUT2D eigenvalue weighted by Crippen LogP contribution is 2.21. The summed E-state index contributed by atoms with van der Waals surface area (Å²) in [5.74, 6) is -0.134. The van der Waals surface area contributed by atoms with Gasteiger partial charge in [0.05, 0.1) is 17.9 Å². The number of carbonyl (C=O) groups is 1. The Balaban J connectivity index is 1.54. The first-order chi connectivity index (χ1) is 14.8. The van der Waals surface area contributed by atoms with Crippen molar-refractivity contribution in [2.24, 2.45) is 0 Å². The van der Waals surface area contributed by atoms with Gasteiger partial charge in [-0.2, -0.15) is 14.7 Å². The number of nitriles is 1. The summed E-state index contributed by atoms with van der Waals surface area (Å²) < 4.78 is 27.5. The van der Waals surface area contributed by atoms with Gasteiger partial charge in [0.25, 0.3) is 10.0 Å². The maximum atomic E-state index is 12.4. The lowest BCUT2D eigenvalue weighted by molar-refractivity contribution is -0.121. The van der Waals surface area contributed by atoms with E-state index in [1.54, 1.807) is 11.4 Å². The van der Waals surface area contributed by atoms with Gasteiger partial charge in [-0.1, -0.05) is 24.3 Å². The minimum absolute atomic E-state index is 0.193. The Bertz CT molecular complexity index is 1180. The third-order valence-electron chi connectivity index (χ3n) is 4.54. The van der Waals surface area contributed by atoms with Gasteiger partial charge in [-0.3, -0.25) is 4.79 Å². The van der Waals surface area contributed by atoms with Crippen LogP contribution in [-0.2, 0) is 21.2 Å². The number of nitrogens with zero attached hydrogens (tertiary/aromatic N) is 4. The molecule has 1 aromatic carbocycles. The number of anilines is 1. The summed E-state index contributed by atoms with van der Waals surface area (Å²) in [4.78, 5) is 12.1. The highest BCUT2D eigenvalue weighted by Gasteiger charge is 2.23. The van der Waals surface area contributed by atoms with E-state index in [4.69, 9.17) is 5.73 Å². The van der Waals surface area contributed by atoms with Gasteiger partial charge in [-0.25, -0.2) is 13.1 Å². The molecule has 3 aromatic rings. The Morgan fingerprint density at radius 3 is 2.68 bits per heavy atom. The Morgan fingerprint density at radius 2 is 2.03 bits per heavy atom. The Labute approximate surface area is 184 Å². The summed E-state index contributed by atoms with van der Waals surface area (Å²) in [6, 6.07) is 14.5. The smallest absolute Gasteiger partial charge is 0.252 e. The lowest BCUT2D eigenvalue weighted by Crippen LogP contribution is -2.38. The highest BCUT2D eigenvalue weighted by atomic mass is 32.2. The van der Waals surface area contributed by atoms with Crippen molar-refractivity contribution in [1.29, 1.82) is 5.26 Å². The normalized spacial score (nSPS) is 11.4. The molecule has 0 aliphatic heterocycles. The lowest BCUT2D eigenvalue weighted by atomic mass is 10.1. The number of benzene rings is 1. The number of carbonyl (C=O) groups excluding carboxylic acids is 1. The van der Waals surface area contributed by atoms with Crippen LogP contribution in [-0.4, -0.2) is 48.5 Å². The van der Waals surface area contributed by atoms with E-state index in [0.29, 0.717) is 30.6 Å². The fourth-order valence-corrected chi connectivity index (χ4v) is 5.26. The second kappa shape index (κ2) is 9.74. The van der Waals surface area contributed by atoms with Crippen molar-refractivity contribution in [3.05, 3.63) is 59.1 Å². The maximum Gasteiger partial charge on any atom is 0.252 e. The third kappa shape index (κ3) is 5.11. The molecule has 3 N–H and O–H groups in total. The molecule has 0 bridgehead atoms. The summed E-state index contributed by atoms with van der Waals surface area (Å²) in [5, 5.41) is 18.3. The molecule has 0 atom stereocenters. The van der Waals surface area contributed by atoms with E-state index in [1.165, 1.54) is 17.8 Å². The van der Waals surface area contributed by atoms with Crippen LogP contribution in [0.1, 0.15) is 17.7 Å². The molecule has 0 aliphatic rings. The van der Waals surface area contributed by atoms with Gasteiger partial charge in [0, 0.05) is 13.6 Å². The first-order valence-electron chi connectivity index (χ1n) is 9.44. The fraction of sp³-hybridized carbons (Fsp3) is 0.250. The monoisotopic (exact) mass is 458 g/mol. The molecule has 0 fully saturated rings. The number of nitrogen functional groups attached to an aromatic ring is 1. The quantitative estimate of drug-likeness (QED) is 0.469. The minimum atomic E-state index is -3.67. The second-order valence-corrected chi connectivity index (χ2v) is 9.93. The van der Waals surface area contributed by atoms with Gasteiger partial charge >= 0.3 is 0 Å². The molecule has 1 amide bonds. The molecule has 0 unspecified atom stereocenters. The van der Waals surface area contributed by atoms with E-state index in [-0.39, 0.29) is 16.6 Å². The molecule has 0 aliphatic carbocycles. The van der Waals surface area contributed by atoms with Crippen LogP contribution in [0, 0.1) is 11.3 Å². The predicted molar refractivity (Wildman–Crippen MR) is 118 cm³/mol. The van der Waals surface area contributed by atoms with Crippen LogP contribution in [0.3, 0.4) is 0 Å². The van der Waals surface area contributed by atoms with Gasteiger partial charge in [-0.15, -0.1) is 11.3 Å². The van der Waals surface area contributed by atoms with Crippen LogP contribution >= 0.6 is 11.3 Å². The summed E-state index contributed by atoms with van der Waals surface area (Å²) in [6.07, 6.45) is 0.962. The Hall–Kier alpha value is -3.20. The molecule has 0 radical (unpaired) electrons. The summed E-state index contributed by atoms with van der Waals surface area (Å²) >= 11 is 1.10. The van der Waals surface area contributed by atoms with Crippen LogP contribution < -0.4 is 11.1 Å². The topological polar surface area (TPSA) is 134 Å².